The molecular weight excluding hydrogens is 504 g/mol. The number of thiophene rings is 1. The summed E-state index contributed by atoms with van der Waals surface area (Å²) in [7, 11) is 0. The van der Waals surface area contributed by atoms with Gasteiger partial charge in [-0.25, -0.2) is 4.98 Å². The van der Waals surface area contributed by atoms with Crippen molar-refractivity contribution in [2.75, 3.05) is 5.75 Å². The average Bonchev–Trinajstić information content (AvgIpc) is 3.17. The average molecular weight is 525 g/mol. The highest BCUT2D eigenvalue weighted by Crippen LogP contribution is 2.35. The number of carbonyl (C=O) groups is 1. The van der Waals surface area contributed by atoms with Crippen LogP contribution in [0.3, 0.4) is 0 Å². The lowest BCUT2D eigenvalue weighted by Gasteiger charge is -2.15. The number of para-hydroxylation sites is 1. The van der Waals surface area contributed by atoms with Crippen LogP contribution in [-0.2, 0) is 12.8 Å². The van der Waals surface area contributed by atoms with Crippen molar-refractivity contribution in [3.05, 3.63) is 84.9 Å². The minimum absolute atomic E-state index is 0.0126. The molecule has 0 saturated heterocycles. The Morgan fingerprint density at radius 2 is 1.88 bits per heavy atom. The molecule has 0 fully saturated rings. The quantitative estimate of drug-likeness (QED) is 0.173. The van der Waals surface area contributed by atoms with Crippen LogP contribution in [0.15, 0.2) is 63.0 Å². The monoisotopic (exact) mass is 524 g/mol. The SMILES string of the molecule is Cc1ccccc1-n1c(SCC(=O)c2ccc(Br)cc2)nc2sc3c(c2c1=O)CCCC3. The van der Waals surface area contributed by atoms with Gasteiger partial charge in [0, 0.05) is 14.9 Å². The molecule has 0 bridgehead atoms. The summed E-state index contributed by atoms with van der Waals surface area (Å²) < 4.78 is 2.64. The number of carbonyl (C=O) groups excluding carboxylic acids is 1. The molecular formula is C25H21BrN2O2S2. The Bertz CT molecular complexity index is 1390. The van der Waals surface area contributed by atoms with E-state index in [1.807, 2.05) is 55.5 Å². The Labute approximate surface area is 202 Å². The number of rotatable bonds is 5. The molecule has 0 amide bonds. The maximum absolute atomic E-state index is 13.8. The first-order chi connectivity index (χ1) is 15.5. The molecule has 32 heavy (non-hydrogen) atoms. The fourth-order valence-electron chi connectivity index (χ4n) is 4.16. The van der Waals surface area contributed by atoms with E-state index in [-0.39, 0.29) is 17.1 Å². The zero-order valence-corrected chi connectivity index (χ0v) is 20.8. The number of benzene rings is 2. The van der Waals surface area contributed by atoms with Crippen molar-refractivity contribution in [3.8, 4) is 5.69 Å². The molecule has 1 aliphatic rings. The minimum Gasteiger partial charge on any atom is -0.293 e. The van der Waals surface area contributed by atoms with Gasteiger partial charge in [-0.1, -0.05) is 58.0 Å². The number of Topliss-reactive ketones (excluding diaryl/α,β-unsaturated/α-hetero) is 1. The highest BCUT2D eigenvalue weighted by Gasteiger charge is 2.23. The first-order valence-corrected chi connectivity index (χ1v) is 13.2. The molecule has 0 saturated carbocycles. The summed E-state index contributed by atoms with van der Waals surface area (Å²) in [5.74, 6) is 0.231. The van der Waals surface area contributed by atoms with Crippen LogP contribution in [0.25, 0.3) is 15.9 Å². The van der Waals surface area contributed by atoms with Crippen molar-refractivity contribution in [2.24, 2.45) is 0 Å². The molecule has 5 rings (SSSR count). The molecule has 0 unspecified atom stereocenters. The summed E-state index contributed by atoms with van der Waals surface area (Å²) in [6.07, 6.45) is 4.23. The summed E-state index contributed by atoms with van der Waals surface area (Å²) in [6.45, 7) is 2.00. The second kappa shape index (κ2) is 8.96. The third kappa shape index (κ3) is 3.98. The van der Waals surface area contributed by atoms with Gasteiger partial charge in [0.15, 0.2) is 10.9 Å². The number of nitrogens with zero attached hydrogens (tertiary/aromatic N) is 2. The Balaban J connectivity index is 1.61. The van der Waals surface area contributed by atoms with Gasteiger partial charge in [0.1, 0.15) is 4.83 Å². The number of thioether (sulfide) groups is 1. The van der Waals surface area contributed by atoms with E-state index in [0.717, 1.165) is 51.6 Å². The molecule has 4 aromatic rings. The largest absolute Gasteiger partial charge is 0.293 e. The molecule has 1 aliphatic carbocycles. The zero-order valence-electron chi connectivity index (χ0n) is 17.6. The van der Waals surface area contributed by atoms with E-state index >= 15 is 0 Å². The summed E-state index contributed by atoms with van der Waals surface area (Å²) in [5.41, 5.74) is 3.63. The molecule has 2 heterocycles. The smallest absolute Gasteiger partial charge is 0.267 e. The predicted molar refractivity (Wildman–Crippen MR) is 136 cm³/mol. The Morgan fingerprint density at radius 3 is 2.66 bits per heavy atom. The summed E-state index contributed by atoms with van der Waals surface area (Å²) >= 11 is 6.37. The van der Waals surface area contributed by atoms with Crippen LogP contribution in [-0.4, -0.2) is 21.1 Å². The van der Waals surface area contributed by atoms with Crippen molar-refractivity contribution >= 4 is 55.0 Å². The molecule has 0 atom stereocenters. The maximum atomic E-state index is 13.8. The van der Waals surface area contributed by atoms with E-state index < -0.39 is 0 Å². The topological polar surface area (TPSA) is 52.0 Å². The number of aryl methyl sites for hydroxylation is 3. The first kappa shape index (κ1) is 21.6. The molecule has 162 valence electrons. The Hall–Kier alpha value is -2.22. The number of aromatic nitrogens is 2. The van der Waals surface area contributed by atoms with E-state index in [4.69, 9.17) is 4.98 Å². The molecule has 7 heteroatoms. The van der Waals surface area contributed by atoms with Gasteiger partial charge in [-0.2, -0.15) is 0 Å². The minimum atomic E-state index is -0.0257. The van der Waals surface area contributed by atoms with E-state index in [1.165, 1.54) is 22.2 Å². The van der Waals surface area contributed by atoms with Crippen molar-refractivity contribution in [2.45, 2.75) is 37.8 Å². The molecule has 2 aromatic heterocycles. The van der Waals surface area contributed by atoms with Gasteiger partial charge in [0.05, 0.1) is 16.8 Å². The third-order valence-corrected chi connectivity index (χ3v) is 8.47. The number of hydrogen-bond acceptors (Lipinski definition) is 5. The van der Waals surface area contributed by atoms with E-state index in [9.17, 15) is 9.59 Å². The maximum Gasteiger partial charge on any atom is 0.267 e. The molecule has 0 N–H and O–H groups in total. The van der Waals surface area contributed by atoms with E-state index in [2.05, 4.69) is 15.9 Å². The van der Waals surface area contributed by atoms with Gasteiger partial charge >= 0.3 is 0 Å². The van der Waals surface area contributed by atoms with Crippen molar-refractivity contribution in [1.82, 2.24) is 9.55 Å². The van der Waals surface area contributed by atoms with Gasteiger partial charge in [0.25, 0.3) is 5.56 Å². The molecule has 0 aliphatic heterocycles. The number of halogens is 1. The van der Waals surface area contributed by atoms with Crippen LogP contribution in [0.4, 0.5) is 0 Å². The summed E-state index contributed by atoms with van der Waals surface area (Å²) in [4.78, 5) is 33.6. The summed E-state index contributed by atoms with van der Waals surface area (Å²) in [6, 6.07) is 15.2. The molecule has 2 aromatic carbocycles. The van der Waals surface area contributed by atoms with Crippen LogP contribution >= 0.6 is 39.0 Å². The van der Waals surface area contributed by atoms with Crippen molar-refractivity contribution in [3.63, 3.8) is 0 Å². The fourth-order valence-corrected chi connectivity index (χ4v) is 6.63. The van der Waals surface area contributed by atoms with Gasteiger partial charge < -0.3 is 0 Å². The van der Waals surface area contributed by atoms with Gasteiger partial charge in [-0.15, -0.1) is 11.3 Å². The van der Waals surface area contributed by atoms with Gasteiger partial charge in [-0.3, -0.25) is 14.2 Å². The van der Waals surface area contributed by atoms with E-state index in [0.29, 0.717) is 10.7 Å². The highest BCUT2D eigenvalue weighted by molar-refractivity contribution is 9.10. The van der Waals surface area contributed by atoms with Gasteiger partial charge in [-0.05, 0) is 61.9 Å². The summed E-state index contributed by atoms with van der Waals surface area (Å²) in [5, 5.41) is 1.33. The second-order valence-corrected chi connectivity index (χ2v) is 10.9. The van der Waals surface area contributed by atoms with Crippen molar-refractivity contribution in [1.29, 1.82) is 0 Å². The van der Waals surface area contributed by atoms with Crippen LogP contribution < -0.4 is 5.56 Å². The fraction of sp³-hybridized carbons (Fsp3) is 0.240. The Kier molecular flexibility index (Phi) is 6.05. The molecule has 4 nitrogen and oxygen atoms in total. The zero-order chi connectivity index (χ0) is 22.2. The molecule has 0 spiro atoms. The predicted octanol–water partition coefficient (Wildman–Crippen LogP) is 6.37. The normalized spacial score (nSPS) is 13.3. The number of hydrogen-bond donors (Lipinski definition) is 0. The lowest BCUT2D eigenvalue weighted by molar-refractivity contribution is 0.102. The Morgan fingerprint density at radius 1 is 1.12 bits per heavy atom. The first-order valence-electron chi connectivity index (χ1n) is 10.6. The second-order valence-electron chi connectivity index (χ2n) is 7.93. The molecule has 0 radical (unpaired) electrons. The third-order valence-electron chi connectivity index (χ3n) is 5.81. The van der Waals surface area contributed by atoms with Crippen LogP contribution in [0, 0.1) is 6.92 Å². The standard InChI is InChI=1S/C25H21BrN2O2S2/c1-15-6-2-4-8-19(15)28-24(30)22-18-7-3-5-9-21(18)32-23(22)27-25(28)31-14-20(29)16-10-12-17(26)13-11-16/h2,4,6,8,10-13H,3,5,7,9,14H2,1H3. The lowest BCUT2D eigenvalue weighted by Crippen LogP contribution is -2.23. The lowest BCUT2D eigenvalue weighted by atomic mass is 9.97. The van der Waals surface area contributed by atoms with E-state index in [1.54, 1.807) is 15.9 Å². The van der Waals surface area contributed by atoms with Crippen molar-refractivity contribution < 1.29 is 4.79 Å². The van der Waals surface area contributed by atoms with Gasteiger partial charge in [0.2, 0.25) is 0 Å². The van der Waals surface area contributed by atoms with Crippen LogP contribution in [0.2, 0.25) is 0 Å². The van der Waals surface area contributed by atoms with Crippen LogP contribution in [0.5, 0.6) is 0 Å². The number of fused-ring (bicyclic) bond motifs is 3. The highest BCUT2D eigenvalue weighted by atomic mass is 79.9. The van der Waals surface area contributed by atoms with Crippen LogP contribution in [0.1, 0.15) is 39.2 Å². The number of ketones is 1.